The molecule has 4 aliphatic rings. The minimum absolute atomic E-state index is 0.00891. The molecule has 47 heavy (non-hydrogen) atoms. The molecule has 6 rings (SSSR count). The summed E-state index contributed by atoms with van der Waals surface area (Å²) in [5.41, 5.74) is 1.34. The van der Waals surface area contributed by atoms with Gasteiger partial charge in [-0.2, -0.15) is 5.26 Å². The summed E-state index contributed by atoms with van der Waals surface area (Å²) in [6, 6.07) is 11.3. The second-order valence-electron chi connectivity index (χ2n) is 15.5. The van der Waals surface area contributed by atoms with Crippen LogP contribution in [0.15, 0.2) is 30.3 Å². The van der Waals surface area contributed by atoms with Gasteiger partial charge in [-0.15, -0.1) is 0 Å². The quantitative estimate of drug-likeness (QED) is 0.365. The summed E-state index contributed by atoms with van der Waals surface area (Å²) in [5.74, 6) is 7.56. The predicted octanol–water partition coefficient (Wildman–Crippen LogP) is 6.13. The predicted molar refractivity (Wildman–Crippen MR) is 179 cm³/mol. The Labute approximate surface area is 283 Å². The molecule has 9 nitrogen and oxygen atoms in total. The van der Waals surface area contributed by atoms with Crippen molar-refractivity contribution in [3.8, 4) is 23.7 Å². The molecule has 248 valence electrons. The molecule has 1 aliphatic carbocycles. The number of rotatable bonds is 4. The van der Waals surface area contributed by atoms with Crippen LogP contribution in [0, 0.1) is 39.9 Å². The number of carbonyl (C=O) groups is 2. The largest absolute Gasteiger partial charge is 0.489 e. The van der Waals surface area contributed by atoms with Gasteiger partial charge in [0.1, 0.15) is 29.2 Å². The maximum atomic E-state index is 13.7. The first-order valence-corrected chi connectivity index (χ1v) is 16.9. The number of nitriles is 1. The summed E-state index contributed by atoms with van der Waals surface area (Å²) >= 11 is 6.26. The maximum absolute atomic E-state index is 13.7. The fourth-order valence-corrected chi connectivity index (χ4v) is 8.52. The monoisotopic (exact) mass is 657 g/mol. The van der Waals surface area contributed by atoms with E-state index in [4.69, 9.17) is 26.1 Å². The number of benzene rings is 1. The van der Waals surface area contributed by atoms with E-state index in [0.717, 1.165) is 44.7 Å². The highest BCUT2D eigenvalue weighted by atomic mass is 35.5. The van der Waals surface area contributed by atoms with E-state index in [0.29, 0.717) is 40.2 Å². The number of pyridine rings is 1. The summed E-state index contributed by atoms with van der Waals surface area (Å²) < 4.78 is 12.0. The first-order valence-electron chi connectivity index (χ1n) is 16.5. The number of hydrogen-bond acceptors (Lipinski definition) is 7. The highest BCUT2D eigenvalue weighted by Gasteiger charge is 2.67. The molecule has 0 atom stereocenters. The van der Waals surface area contributed by atoms with Gasteiger partial charge in [-0.1, -0.05) is 45.2 Å². The fourth-order valence-electron chi connectivity index (χ4n) is 8.31. The SMILES string of the molecule is CC(C)(C)OC(=O)N1CCC(N2CC(C#Cc3ccc4c(n3)CN(C3C(C)(C)C(Oc5ccc(C#N)c(Cl)c5)C3(C)C)C4=O)C2)CC1. The highest BCUT2D eigenvalue weighted by Crippen LogP contribution is 2.59. The number of halogens is 1. The van der Waals surface area contributed by atoms with Crippen molar-refractivity contribution in [1.82, 2.24) is 19.7 Å². The first-order chi connectivity index (χ1) is 22.1. The van der Waals surface area contributed by atoms with Gasteiger partial charge in [-0.3, -0.25) is 9.69 Å². The van der Waals surface area contributed by atoms with Gasteiger partial charge in [0.25, 0.3) is 5.91 Å². The number of aromatic nitrogens is 1. The Kier molecular flexibility index (Phi) is 8.47. The van der Waals surface area contributed by atoms with Crippen LogP contribution in [-0.4, -0.2) is 81.7 Å². The second kappa shape index (κ2) is 12.0. The molecule has 2 aromatic rings. The van der Waals surface area contributed by atoms with Crippen molar-refractivity contribution in [3.05, 3.63) is 57.9 Å². The van der Waals surface area contributed by atoms with Crippen molar-refractivity contribution in [2.24, 2.45) is 16.7 Å². The molecule has 1 aromatic heterocycles. The molecular formula is C37H44ClN5O4. The Bertz CT molecular complexity index is 1670. The number of likely N-dealkylation sites (tertiary alicyclic amines) is 2. The molecule has 0 unspecified atom stereocenters. The van der Waals surface area contributed by atoms with E-state index < -0.39 is 5.60 Å². The van der Waals surface area contributed by atoms with Crippen LogP contribution < -0.4 is 4.74 Å². The number of nitrogens with zero attached hydrogens (tertiary/aromatic N) is 5. The van der Waals surface area contributed by atoms with E-state index in [1.807, 2.05) is 42.7 Å². The zero-order valence-corrected chi connectivity index (χ0v) is 29.1. The lowest BCUT2D eigenvalue weighted by Gasteiger charge is -2.65. The van der Waals surface area contributed by atoms with Gasteiger partial charge in [0.15, 0.2) is 0 Å². The number of carbonyl (C=O) groups excluding carboxylic acids is 2. The third-order valence-electron chi connectivity index (χ3n) is 10.1. The average Bonchev–Trinajstić information content (AvgIpc) is 3.28. The van der Waals surface area contributed by atoms with Crippen molar-refractivity contribution in [2.75, 3.05) is 26.2 Å². The van der Waals surface area contributed by atoms with Gasteiger partial charge in [0.2, 0.25) is 0 Å². The molecule has 3 fully saturated rings. The van der Waals surface area contributed by atoms with Crippen molar-refractivity contribution in [3.63, 3.8) is 0 Å². The Morgan fingerprint density at radius 2 is 1.74 bits per heavy atom. The molecule has 0 spiro atoms. The van der Waals surface area contributed by atoms with Gasteiger partial charge in [-0.25, -0.2) is 9.78 Å². The molecule has 10 heteroatoms. The Hall–Kier alpha value is -3.79. The van der Waals surface area contributed by atoms with Crippen molar-refractivity contribution < 1.29 is 19.1 Å². The summed E-state index contributed by atoms with van der Waals surface area (Å²) in [6.45, 7) is 17.9. The zero-order valence-electron chi connectivity index (χ0n) is 28.4. The van der Waals surface area contributed by atoms with Crippen LogP contribution in [0.2, 0.25) is 5.02 Å². The standard InChI is InChI=1S/C37H44ClN5O4/c1-35(2,3)47-34(45)41-16-14-26(15-17-41)42-20-23(21-42)8-10-25-11-13-28-30(40-25)22-43(31(28)44)32-36(4,5)33(37(32,6)7)46-27-12-9-24(19-39)29(38)18-27/h9,11-13,18,23,26,32-33H,14-17,20-22H2,1-7H3. The second-order valence-corrected chi connectivity index (χ2v) is 15.9. The maximum Gasteiger partial charge on any atom is 0.410 e. The minimum Gasteiger partial charge on any atom is -0.489 e. The van der Waals surface area contributed by atoms with Gasteiger partial charge in [0.05, 0.1) is 28.4 Å². The molecule has 2 amide bonds. The van der Waals surface area contributed by atoms with Gasteiger partial charge in [-0.05, 0) is 63.8 Å². The topological polar surface area (TPSA) is 99.0 Å². The smallest absolute Gasteiger partial charge is 0.410 e. The van der Waals surface area contributed by atoms with Gasteiger partial charge in [0, 0.05) is 61.1 Å². The third kappa shape index (κ3) is 6.28. The number of fused-ring (bicyclic) bond motifs is 1. The average molecular weight is 658 g/mol. The number of amides is 2. The summed E-state index contributed by atoms with van der Waals surface area (Å²) in [6.07, 6.45) is 1.50. The lowest BCUT2D eigenvalue weighted by atomic mass is 9.49. The van der Waals surface area contributed by atoms with E-state index in [1.54, 1.807) is 18.2 Å². The van der Waals surface area contributed by atoms with Gasteiger partial charge >= 0.3 is 6.09 Å². The molecule has 0 radical (unpaired) electrons. The van der Waals surface area contributed by atoms with Crippen molar-refractivity contribution in [2.45, 2.75) is 91.6 Å². The number of hydrogen-bond donors (Lipinski definition) is 0. The molecule has 2 saturated heterocycles. The van der Waals surface area contributed by atoms with Crippen LogP contribution in [0.5, 0.6) is 5.75 Å². The molecule has 3 aliphatic heterocycles. The van der Waals surface area contributed by atoms with Crippen LogP contribution in [0.25, 0.3) is 0 Å². The Morgan fingerprint density at radius 3 is 2.36 bits per heavy atom. The van der Waals surface area contributed by atoms with Crippen LogP contribution >= 0.6 is 11.6 Å². The van der Waals surface area contributed by atoms with Crippen molar-refractivity contribution in [1.29, 1.82) is 5.26 Å². The van der Waals surface area contributed by atoms with E-state index in [9.17, 15) is 14.9 Å². The lowest BCUT2D eigenvalue weighted by molar-refractivity contribution is -0.199. The molecule has 1 saturated carbocycles. The van der Waals surface area contributed by atoms with E-state index in [-0.39, 0.29) is 40.9 Å². The molecule has 1 aromatic carbocycles. The molecule has 4 heterocycles. The van der Waals surface area contributed by atoms with E-state index in [2.05, 4.69) is 50.5 Å². The van der Waals surface area contributed by atoms with Crippen molar-refractivity contribution >= 4 is 23.6 Å². The van der Waals surface area contributed by atoms with Crippen LogP contribution in [0.4, 0.5) is 4.79 Å². The molecular weight excluding hydrogens is 614 g/mol. The number of ether oxygens (including phenoxy) is 2. The van der Waals surface area contributed by atoms with Gasteiger partial charge < -0.3 is 19.3 Å². The molecule has 0 bridgehead atoms. The Balaban J connectivity index is 1.04. The van der Waals surface area contributed by atoms with Crippen LogP contribution in [0.3, 0.4) is 0 Å². The van der Waals surface area contributed by atoms with Crippen LogP contribution in [0.1, 0.15) is 88.6 Å². The summed E-state index contributed by atoms with van der Waals surface area (Å²) in [7, 11) is 0. The zero-order chi connectivity index (χ0) is 33.9. The van der Waals surface area contributed by atoms with E-state index in [1.165, 1.54) is 0 Å². The highest BCUT2D eigenvalue weighted by molar-refractivity contribution is 6.31. The fraction of sp³-hybridized carbons (Fsp3) is 0.568. The van der Waals surface area contributed by atoms with E-state index >= 15 is 0 Å². The van der Waals surface area contributed by atoms with Crippen LogP contribution in [-0.2, 0) is 11.3 Å². The number of piperidine rings is 1. The first kappa shape index (κ1) is 33.1. The lowest BCUT2D eigenvalue weighted by Crippen LogP contribution is -2.74. The summed E-state index contributed by atoms with van der Waals surface area (Å²) in [4.78, 5) is 37.1. The minimum atomic E-state index is -0.478. The normalized spacial score (nSPS) is 23.9. The Morgan fingerprint density at radius 1 is 1.06 bits per heavy atom. The third-order valence-corrected chi connectivity index (χ3v) is 10.4. The molecule has 0 N–H and O–H groups in total. The summed E-state index contributed by atoms with van der Waals surface area (Å²) in [5, 5.41) is 9.57.